The molecule has 0 saturated carbocycles. The molecule has 154 valence electrons. The van der Waals surface area contributed by atoms with Crippen LogP contribution in [0.25, 0.3) is 32.5 Å². The highest BCUT2D eigenvalue weighted by atomic mass is 32.1. The average molecular weight is 432 g/mol. The Labute approximate surface area is 180 Å². The van der Waals surface area contributed by atoms with Crippen molar-refractivity contribution in [1.29, 1.82) is 0 Å². The van der Waals surface area contributed by atoms with Crippen LogP contribution in [0.2, 0.25) is 0 Å². The molecular weight excluding hydrogens is 415 g/mol. The SMILES string of the molecule is O/N=c1/cc(-c2cc3sccc3cn2)oc2ccc(OCCc3ccc(F)cc3)cc12. The third kappa shape index (κ3) is 4.00. The van der Waals surface area contributed by atoms with Gasteiger partial charge in [-0.25, -0.2) is 4.39 Å². The number of rotatable bonds is 5. The van der Waals surface area contributed by atoms with E-state index in [2.05, 4.69) is 10.1 Å². The van der Waals surface area contributed by atoms with Crippen LogP contribution in [0.5, 0.6) is 5.75 Å². The molecule has 0 aliphatic carbocycles. The van der Waals surface area contributed by atoms with Crippen LogP contribution in [0.15, 0.2) is 81.8 Å². The van der Waals surface area contributed by atoms with Gasteiger partial charge in [-0.3, -0.25) is 4.98 Å². The molecule has 5 rings (SSSR count). The molecular formula is C24H17FN2O3S. The maximum atomic E-state index is 13.0. The lowest BCUT2D eigenvalue weighted by Gasteiger charge is -2.08. The molecule has 7 heteroatoms. The van der Waals surface area contributed by atoms with E-state index in [1.54, 1.807) is 53.9 Å². The van der Waals surface area contributed by atoms with Crippen molar-refractivity contribution < 1.29 is 18.8 Å². The first-order valence-corrected chi connectivity index (χ1v) is 10.5. The fourth-order valence-electron chi connectivity index (χ4n) is 3.37. The average Bonchev–Trinajstić information content (AvgIpc) is 3.27. The van der Waals surface area contributed by atoms with Gasteiger partial charge in [-0.1, -0.05) is 17.3 Å². The van der Waals surface area contributed by atoms with Crippen LogP contribution in [0.3, 0.4) is 0 Å². The fraction of sp³-hybridized carbons (Fsp3) is 0.0833. The number of thiophene rings is 1. The summed E-state index contributed by atoms with van der Waals surface area (Å²) >= 11 is 1.63. The van der Waals surface area contributed by atoms with E-state index in [0.717, 1.165) is 15.6 Å². The normalized spacial score (nSPS) is 12.0. The fourth-order valence-corrected chi connectivity index (χ4v) is 4.17. The molecule has 1 N–H and O–H groups in total. The van der Waals surface area contributed by atoms with Crippen molar-refractivity contribution in [3.05, 3.63) is 89.0 Å². The molecule has 5 nitrogen and oxygen atoms in total. The first-order valence-electron chi connectivity index (χ1n) is 9.66. The summed E-state index contributed by atoms with van der Waals surface area (Å²) in [5.74, 6) is 0.884. The van der Waals surface area contributed by atoms with Crippen molar-refractivity contribution in [3.63, 3.8) is 0 Å². The summed E-state index contributed by atoms with van der Waals surface area (Å²) < 4.78 is 26.0. The number of benzene rings is 2. The van der Waals surface area contributed by atoms with E-state index in [4.69, 9.17) is 9.15 Å². The number of halogens is 1. The largest absolute Gasteiger partial charge is 0.493 e. The number of pyridine rings is 1. The van der Waals surface area contributed by atoms with Crippen LogP contribution in [-0.2, 0) is 6.42 Å². The van der Waals surface area contributed by atoms with E-state index >= 15 is 0 Å². The summed E-state index contributed by atoms with van der Waals surface area (Å²) in [5, 5.41) is 17.1. The lowest BCUT2D eigenvalue weighted by atomic mass is 10.1. The Morgan fingerprint density at radius 2 is 1.94 bits per heavy atom. The van der Waals surface area contributed by atoms with Crippen molar-refractivity contribution in [2.75, 3.05) is 6.61 Å². The van der Waals surface area contributed by atoms with Gasteiger partial charge in [0.1, 0.15) is 28.2 Å². The Morgan fingerprint density at radius 3 is 2.77 bits per heavy atom. The summed E-state index contributed by atoms with van der Waals surface area (Å²) in [6, 6.07) is 17.3. The number of hydrogen-bond acceptors (Lipinski definition) is 6. The molecule has 0 atom stereocenters. The molecule has 0 bridgehead atoms. The van der Waals surface area contributed by atoms with Crippen LogP contribution in [-0.4, -0.2) is 16.8 Å². The molecule has 0 aliphatic rings. The number of fused-ring (bicyclic) bond motifs is 2. The van der Waals surface area contributed by atoms with E-state index in [1.165, 1.54) is 12.1 Å². The van der Waals surface area contributed by atoms with Gasteiger partial charge in [0.2, 0.25) is 0 Å². The van der Waals surface area contributed by atoms with Gasteiger partial charge in [0.15, 0.2) is 5.76 Å². The third-order valence-electron chi connectivity index (χ3n) is 4.99. The van der Waals surface area contributed by atoms with Crippen LogP contribution in [0.1, 0.15) is 5.56 Å². The van der Waals surface area contributed by atoms with Crippen LogP contribution in [0.4, 0.5) is 4.39 Å². The molecule has 3 heterocycles. The van der Waals surface area contributed by atoms with Crippen molar-refractivity contribution in [1.82, 2.24) is 4.98 Å². The molecule has 0 fully saturated rings. The van der Waals surface area contributed by atoms with Gasteiger partial charge >= 0.3 is 0 Å². The number of nitrogens with zero attached hydrogens (tertiary/aromatic N) is 2. The number of aromatic nitrogens is 1. The lowest BCUT2D eigenvalue weighted by Crippen LogP contribution is -2.05. The maximum Gasteiger partial charge on any atom is 0.155 e. The van der Waals surface area contributed by atoms with Gasteiger partial charge in [0, 0.05) is 28.8 Å². The van der Waals surface area contributed by atoms with Crippen LogP contribution >= 0.6 is 11.3 Å². The zero-order valence-corrected chi connectivity index (χ0v) is 17.1. The smallest absolute Gasteiger partial charge is 0.155 e. The van der Waals surface area contributed by atoms with Gasteiger partial charge in [0.25, 0.3) is 0 Å². The molecule has 0 radical (unpaired) electrons. The van der Waals surface area contributed by atoms with Crippen molar-refractivity contribution in [2.24, 2.45) is 5.16 Å². The summed E-state index contributed by atoms with van der Waals surface area (Å²) in [4.78, 5) is 4.47. The zero-order chi connectivity index (χ0) is 21.2. The minimum absolute atomic E-state index is 0.256. The van der Waals surface area contributed by atoms with E-state index in [1.807, 2.05) is 17.5 Å². The highest BCUT2D eigenvalue weighted by Crippen LogP contribution is 2.27. The Morgan fingerprint density at radius 1 is 1.06 bits per heavy atom. The highest BCUT2D eigenvalue weighted by molar-refractivity contribution is 7.17. The standard InChI is InChI=1S/C24H17FN2O3S/c25-17-3-1-15(2-4-17)7-9-29-18-5-6-22-19(11-18)20(27-28)12-23(30-22)21-13-24-16(14-26-21)8-10-31-24/h1-6,8,10-14,28H,7,9H2/b27-20-. The first-order chi connectivity index (χ1) is 15.2. The first kappa shape index (κ1) is 19.3. The molecule has 0 spiro atoms. The molecule has 0 saturated heterocycles. The minimum atomic E-state index is -0.256. The summed E-state index contributed by atoms with van der Waals surface area (Å²) in [6.07, 6.45) is 2.45. The maximum absolute atomic E-state index is 13.0. The second kappa shape index (κ2) is 8.20. The molecule has 3 aromatic heterocycles. The Bertz CT molecular complexity index is 1440. The lowest BCUT2D eigenvalue weighted by molar-refractivity contribution is 0.302. The van der Waals surface area contributed by atoms with E-state index in [0.29, 0.717) is 46.6 Å². The Balaban J connectivity index is 1.42. The van der Waals surface area contributed by atoms with Crippen molar-refractivity contribution >= 4 is 32.4 Å². The van der Waals surface area contributed by atoms with Gasteiger partial charge < -0.3 is 14.4 Å². The van der Waals surface area contributed by atoms with E-state index in [9.17, 15) is 9.60 Å². The number of hydrogen-bond donors (Lipinski definition) is 1. The van der Waals surface area contributed by atoms with Crippen molar-refractivity contribution in [3.8, 4) is 17.2 Å². The second-order valence-electron chi connectivity index (χ2n) is 7.01. The van der Waals surface area contributed by atoms with Crippen LogP contribution in [0, 0.1) is 5.82 Å². The minimum Gasteiger partial charge on any atom is -0.493 e. The van der Waals surface area contributed by atoms with Gasteiger partial charge in [-0.2, -0.15) is 0 Å². The Hall–Kier alpha value is -3.71. The summed E-state index contributed by atoms with van der Waals surface area (Å²) in [6.45, 7) is 0.433. The predicted octanol–water partition coefficient (Wildman–Crippen LogP) is 5.76. The molecule has 31 heavy (non-hydrogen) atoms. The van der Waals surface area contributed by atoms with E-state index in [-0.39, 0.29) is 5.82 Å². The Kier molecular flexibility index (Phi) is 5.09. The van der Waals surface area contributed by atoms with E-state index < -0.39 is 0 Å². The molecule has 0 aliphatic heterocycles. The topological polar surface area (TPSA) is 67.9 Å². The van der Waals surface area contributed by atoms with Gasteiger partial charge in [-0.05, 0) is 53.4 Å². The molecule has 2 aromatic carbocycles. The van der Waals surface area contributed by atoms with Crippen molar-refractivity contribution in [2.45, 2.75) is 6.42 Å². The quantitative estimate of drug-likeness (QED) is 0.283. The number of ether oxygens (including phenoxy) is 1. The molecule has 5 aromatic rings. The summed E-state index contributed by atoms with van der Waals surface area (Å²) in [5.41, 5.74) is 2.22. The van der Waals surface area contributed by atoms with Crippen LogP contribution < -0.4 is 10.1 Å². The highest BCUT2D eigenvalue weighted by Gasteiger charge is 2.10. The van der Waals surface area contributed by atoms with Gasteiger partial charge in [0.05, 0.1) is 12.0 Å². The molecule has 0 unspecified atom stereocenters. The summed E-state index contributed by atoms with van der Waals surface area (Å²) in [7, 11) is 0. The third-order valence-corrected chi connectivity index (χ3v) is 5.86. The monoisotopic (exact) mass is 432 g/mol. The predicted molar refractivity (Wildman–Crippen MR) is 118 cm³/mol. The van der Waals surface area contributed by atoms with Gasteiger partial charge in [-0.15, -0.1) is 11.3 Å². The molecule has 0 amide bonds. The zero-order valence-electron chi connectivity index (χ0n) is 16.3. The second-order valence-corrected chi connectivity index (χ2v) is 7.95.